The van der Waals surface area contributed by atoms with Gasteiger partial charge in [-0.3, -0.25) is 4.79 Å². The van der Waals surface area contributed by atoms with Crippen molar-refractivity contribution in [2.75, 3.05) is 19.6 Å². The van der Waals surface area contributed by atoms with Crippen molar-refractivity contribution in [1.29, 1.82) is 0 Å². The van der Waals surface area contributed by atoms with Gasteiger partial charge in [0.2, 0.25) is 5.91 Å². The number of hydrogen-bond acceptors (Lipinski definition) is 5. The van der Waals surface area contributed by atoms with Crippen molar-refractivity contribution < 1.29 is 13.9 Å². The minimum Gasteiger partial charge on any atom is -0.487 e. The van der Waals surface area contributed by atoms with Crippen LogP contribution in [0.2, 0.25) is 0 Å². The van der Waals surface area contributed by atoms with E-state index < -0.39 is 5.82 Å². The molecule has 0 radical (unpaired) electrons. The molecule has 4 aromatic rings. The number of hydrogen-bond donors (Lipinski definition) is 1. The Morgan fingerprint density at radius 2 is 2.03 bits per heavy atom. The van der Waals surface area contributed by atoms with Crippen molar-refractivity contribution >= 4 is 16.8 Å². The molecule has 1 amide bonds. The van der Waals surface area contributed by atoms with Gasteiger partial charge >= 0.3 is 0 Å². The molecule has 0 spiro atoms. The van der Waals surface area contributed by atoms with Crippen molar-refractivity contribution in [3.05, 3.63) is 82.6 Å². The first-order valence-corrected chi connectivity index (χ1v) is 12.2. The molecule has 2 aromatic heterocycles. The van der Waals surface area contributed by atoms with Crippen LogP contribution in [0.15, 0.2) is 48.8 Å². The molecular formula is C28H30FN5O2. The summed E-state index contributed by atoms with van der Waals surface area (Å²) in [6.07, 6.45) is 2.54. The molecule has 0 bridgehead atoms. The summed E-state index contributed by atoms with van der Waals surface area (Å²) in [6.45, 7) is 10.3. The minimum atomic E-state index is -0.399. The first kappa shape index (κ1) is 23.9. The van der Waals surface area contributed by atoms with Gasteiger partial charge in [-0.15, -0.1) is 0 Å². The average Bonchev–Trinajstić information content (AvgIpc) is 3.28. The molecule has 8 heteroatoms. The standard InChI is InChI=1S/C28H30FN5O2/c1-17-10-18(2)24(23(11-17)20(4)33-9-8-30-14-27(33)35)16-36-26-7-5-6-22-25(12-19(3)32-28(22)26)34-15-21(29)13-31-34/h5-7,10-13,15,20,30H,8-9,14,16H2,1-4H3/t20-/m0/s1. The van der Waals surface area contributed by atoms with E-state index in [1.54, 1.807) is 0 Å². The number of piperazine rings is 1. The number of carbonyl (C=O) groups is 1. The molecule has 7 nitrogen and oxygen atoms in total. The molecule has 186 valence electrons. The first-order valence-electron chi connectivity index (χ1n) is 12.2. The fraction of sp³-hybridized carbons (Fsp3) is 0.321. The summed E-state index contributed by atoms with van der Waals surface area (Å²) in [7, 11) is 0. The second kappa shape index (κ2) is 9.70. The molecule has 1 atom stereocenters. The molecule has 2 aromatic carbocycles. The Balaban J connectivity index is 1.51. The molecule has 3 heterocycles. The van der Waals surface area contributed by atoms with Crippen molar-refractivity contribution in [2.24, 2.45) is 0 Å². The lowest BCUT2D eigenvalue weighted by atomic mass is 9.94. The smallest absolute Gasteiger partial charge is 0.237 e. The summed E-state index contributed by atoms with van der Waals surface area (Å²) in [4.78, 5) is 19.3. The molecule has 1 fully saturated rings. The molecule has 0 unspecified atom stereocenters. The number of pyridine rings is 1. The number of halogens is 1. The van der Waals surface area contributed by atoms with Crippen LogP contribution in [0.1, 0.15) is 40.9 Å². The Morgan fingerprint density at radius 1 is 1.19 bits per heavy atom. The van der Waals surface area contributed by atoms with E-state index in [4.69, 9.17) is 9.72 Å². The lowest BCUT2D eigenvalue weighted by Crippen LogP contribution is -2.49. The zero-order valence-corrected chi connectivity index (χ0v) is 21.0. The number of aromatic nitrogens is 3. The van der Waals surface area contributed by atoms with Crippen molar-refractivity contribution in [3.63, 3.8) is 0 Å². The predicted octanol–water partition coefficient (Wildman–Crippen LogP) is 4.56. The number of para-hydroxylation sites is 1. The van der Waals surface area contributed by atoms with E-state index in [-0.39, 0.29) is 11.9 Å². The van der Waals surface area contributed by atoms with Crippen LogP contribution in [-0.4, -0.2) is 45.2 Å². The molecular weight excluding hydrogens is 457 g/mol. The van der Waals surface area contributed by atoms with Crippen LogP contribution in [0.5, 0.6) is 5.75 Å². The van der Waals surface area contributed by atoms with E-state index in [1.165, 1.54) is 17.1 Å². The highest BCUT2D eigenvalue weighted by Crippen LogP contribution is 2.32. The number of fused-ring (bicyclic) bond motifs is 1. The second-order valence-corrected chi connectivity index (χ2v) is 9.42. The van der Waals surface area contributed by atoms with Gasteiger partial charge in [-0.1, -0.05) is 29.8 Å². The third kappa shape index (κ3) is 4.56. The normalized spacial score (nSPS) is 14.9. The second-order valence-electron chi connectivity index (χ2n) is 9.42. The molecule has 1 aliphatic rings. The fourth-order valence-corrected chi connectivity index (χ4v) is 5.02. The van der Waals surface area contributed by atoms with Crippen molar-refractivity contribution in [3.8, 4) is 11.4 Å². The van der Waals surface area contributed by atoms with E-state index in [0.717, 1.165) is 45.6 Å². The summed E-state index contributed by atoms with van der Waals surface area (Å²) in [6, 6.07) is 11.9. The third-order valence-electron chi connectivity index (χ3n) is 6.77. The van der Waals surface area contributed by atoms with E-state index in [1.807, 2.05) is 36.1 Å². The zero-order chi connectivity index (χ0) is 25.4. The molecule has 1 saturated heterocycles. The van der Waals surface area contributed by atoms with E-state index in [2.05, 4.69) is 43.3 Å². The first-order chi connectivity index (χ1) is 17.3. The largest absolute Gasteiger partial charge is 0.487 e. The highest BCUT2D eigenvalue weighted by atomic mass is 19.1. The lowest BCUT2D eigenvalue weighted by Gasteiger charge is -2.34. The number of rotatable bonds is 6. The number of amides is 1. The van der Waals surface area contributed by atoms with Crippen molar-refractivity contribution in [1.82, 2.24) is 25.0 Å². The summed E-state index contributed by atoms with van der Waals surface area (Å²) < 4.78 is 21.6. The van der Waals surface area contributed by atoms with E-state index in [0.29, 0.717) is 31.0 Å². The van der Waals surface area contributed by atoms with Gasteiger partial charge in [0.1, 0.15) is 17.9 Å². The number of ether oxygens (including phenoxy) is 1. The molecule has 5 rings (SSSR count). The van der Waals surface area contributed by atoms with Gasteiger partial charge < -0.3 is 15.0 Å². The zero-order valence-electron chi connectivity index (χ0n) is 21.0. The van der Waals surface area contributed by atoms with E-state index in [9.17, 15) is 9.18 Å². The van der Waals surface area contributed by atoms with Crippen LogP contribution < -0.4 is 10.1 Å². The predicted molar refractivity (Wildman–Crippen MR) is 137 cm³/mol. The molecule has 1 N–H and O–H groups in total. The Labute approximate surface area is 209 Å². The number of nitrogens with one attached hydrogen (secondary N) is 1. The van der Waals surface area contributed by atoms with Gasteiger partial charge in [0.25, 0.3) is 0 Å². The van der Waals surface area contributed by atoms with Gasteiger partial charge in [-0.05, 0) is 56.5 Å². The molecule has 36 heavy (non-hydrogen) atoms. The number of nitrogens with zero attached hydrogens (tertiary/aromatic N) is 4. The number of benzene rings is 2. The SMILES string of the molecule is Cc1cc(C)c(COc2cccc3c(-n4cc(F)cn4)cc(C)nc23)c([C@H](C)N2CCNCC2=O)c1. The van der Waals surface area contributed by atoms with Gasteiger partial charge in [0.15, 0.2) is 5.82 Å². The Hall–Kier alpha value is -3.78. The summed E-state index contributed by atoms with van der Waals surface area (Å²) in [5.41, 5.74) is 6.65. The molecule has 0 saturated carbocycles. The Bertz CT molecular complexity index is 1450. The summed E-state index contributed by atoms with van der Waals surface area (Å²) >= 11 is 0. The fourth-order valence-electron chi connectivity index (χ4n) is 5.02. The van der Waals surface area contributed by atoms with Crippen LogP contribution in [0.4, 0.5) is 4.39 Å². The Morgan fingerprint density at radius 3 is 2.78 bits per heavy atom. The topological polar surface area (TPSA) is 72.3 Å². The van der Waals surface area contributed by atoms with Crippen LogP contribution in [0.25, 0.3) is 16.6 Å². The van der Waals surface area contributed by atoms with Crippen LogP contribution in [-0.2, 0) is 11.4 Å². The summed E-state index contributed by atoms with van der Waals surface area (Å²) in [5.74, 6) is 0.350. The van der Waals surface area contributed by atoms with Gasteiger partial charge in [0.05, 0.1) is 30.7 Å². The van der Waals surface area contributed by atoms with Crippen LogP contribution >= 0.6 is 0 Å². The number of aryl methyl sites for hydroxylation is 3. The van der Waals surface area contributed by atoms with Crippen molar-refractivity contribution in [2.45, 2.75) is 40.3 Å². The maximum Gasteiger partial charge on any atom is 0.237 e. The monoisotopic (exact) mass is 487 g/mol. The van der Waals surface area contributed by atoms with Crippen LogP contribution in [0.3, 0.4) is 0 Å². The maximum absolute atomic E-state index is 13.7. The average molecular weight is 488 g/mol. The summed E-state index contributed by atoms with van der Waals surface area (Å²) in [5, 5.41) is 8.10. The Kier molecular flexibility index (Phi) is 6.45. The lowest BCUT2D eigenvalue weighted by molar-refractivity contribution is -0.134. The quantitative estimate of drug-likeness (QED) is 0.432. The number of carbonyl (C=O) groups excluding carboxylic acids is 1. The van der Waals surface area contributed by atoms with Gasteiger partial charge in [0, 0.05) is 24.2 Å². The van der Waals surface area contributed by atoms with E-state index >= 15 is 0 Å². The third-order valence-corrected chi connectivity index (χ3v) is 6.77. The van der Waals surface area contributed by atoms with Gasteiger partial charge in [-0.2, -0.15) is 5.10 Å². The maximum atomic E-state index is 13.7. The minimum absolute atomic E-state index is 0.0639. The van der Waals surface area contributed by atoms with Gasteiger partial charge in [-0.25, -0.2) is 14.1 Å². The highest BCUT2D eigenvalue weighted by molar-refractivity contribution is 5.91. The molecule has 1 aliphatic heterocycles. The molecule has 0 aliphatic carbocycles. The highest BCUT2D eigenvalue weighted by Gasteiger charge is 2.26. The van der Waals surface area contributed by atoms with Crippen LogP contribution in [0, 0.1) is 26.6 Å².